The molecule has 1 nitrogen and oxygen atoms in total. The average Bonchev–Trinajstić information content (AvgIpc) is 2.28. The highest BCUT2D eigenvalue weighted by atomic mass is 79.9. The predicted molar refractivity (Wildman–Crippen MR) is 71.9 cm³/mol. The molecule has 0 bridgehead atoms. The van der Waals surface area contributed by atoms with Gasteiger partial charge in [-0.25, -0.2) is 4.39 Å². The van der Waals surface area contributed by atoms with Crippen LogP contribution in [0.4, 0.5) is 4.39 Å². The maximum atomic E-state index is 12.9. The van der Waals surface area contributed by atoms with Gasteiger partial charge >= 0.3 is 0 Å². The van der Waals surface area contributed by atoms with Gasteiger partial charge in [-0.1, -0.05) is 12.8 Å². The Morgan fingerprint density at radius 3 is 2.62 bits per heavy atom. The number of thiol groups is 1. The van der Waals surface area contributed by atoms with Crippen molar-refractivity contribution in [3.8, 4) is 5.75 Å². The summed E-state index contributed by atoms with van der Waals surface area (Å²) in [6.45, 7) is 0.685. The Morgan fingerprint density at radius 1 is 1.19 bits per heavy atom. The van der Waals surface area contributed by atoms with Crippen molar-refractivity contribution in [2.45, 2.75) is 25.7 Å². The summed E-state index contributed by atoms with van der Waals surface area (Å²) < 4.78 is 18.9. The first-order valence-corrected chi connectivity index (χ1v) is 6.85. The first kappa shape index (κ1) is 13.8. The van der Waals surface area contributed by atoms with E-state index < -0.39 is 0 Å². The molecule has 1 rings (SSSR count). The minimum Gasteiger partial charge on any atom is -0.494 e. The van der Waals surface area contributed by atoms with Crippen molar-refractivity contribution in [2.75, 3.05) is 12.4 Å². The number of hydrogen-bond donors (Lipinski definition) is 1. The van der Waals surface area contributed by atoms with Crippen LogP contribution >= 0.6 is 28.6 Å². The third-order valence-corrected chi connectivity index (χ3v) is 3.14. The molecule has 16 heavy (non-hydrogen) atoms. The molecular weight excluding hydrogens is 291 g/mol. The number of hydrogen-bond acceptors (Lipinski definition) is 2. The molecule has 0 saturated carbocycles. The van der Waals surface area contributed by atoms with E-state index in [2.05, 4.69) is 28.6 Å². The lowest BCUT2D eigenvalue weighted by molar-refractivity contribution is 0.304. The van der Waals surface area contributed by atoms with E-state index >= 15 is 0 Å². The van der Waals surface area contributed by atoms with E-state index in [1.165, 1.54) is 12.5 Å². The van der Waals surface area contributed by atoms with Crippen LogP contribution in [0.25, 0.3) is 0 Å². The largest absolute Gasteiger partial charge is 0.494 e. The van der Waals surface area contributed by atoms with Gasteiger partial charge in [0.2, 0.25) is 0 Å². The summed E-state index contributed by atoms with van der Waals surface area (Å²) >= 11 is 7.28. The van der Waals surface area contributed by atoms with Gasteiger partial charge in [-0.2, -0.15) is 12.6 Å². The normalized spacial score (nSPS) is 10.4. The van der Waals surface area contributed by atoms with E-state index in [1.807, 2.05) is 0 Å². The number of ether oxygens (including phenoxy) is 1. The lowest BCUT2D eigenvalue weighted by Gasteiger charge is -2.06. The Labute approximate surface area is 110 Å². The first-order valence-electron chi connectivity index (χ1n) is 5.43. The Bertz CT molecular complexity index is 320. The van der Waals surface area contributed by atoms with Gasteiger partial charge in [0, 0.05) is 0 Å². The van der Waals surface area contributed by atoms with Crippen molar-refractivity contribution >= 4 is 28.6 Å². The van der Waals surface area contributed by atoms with Crippen LogP contribution in [0.5, 0.6) is 5.75 Å². The fraction of sp³-hybridized carbons (Fsp3) is 0.500. The van der Waals surface area contributed by atoms with E-state index in [9.17, 15) is 4.39 Å². The molecule has 0 heterocycles. The zero-order valence-corrected chi connectivity index (χ0v) is 11.6. The van der Waals surface area contributed by atoms with E-state index in [0.29, 0.717) is 16.8 Å². The summed E-state index contributed by atoms with van der Waals surface area (Å²) in [5.41, 5.74) is 0. The second-order valence-corrected chi connectivity index (χ2v) is 4.86. The summed E-state index contributed by atoms with van der Waals surface area (Å²) in [5.74, 6) is 1.40. The van der Waals surface area contributed by atoms with Crippen molar-refractivity contribution < 1.29 is 9.13 Å². The smallest absolute Gasteiger partial charge is 0.137 e. The summed E-state index contributed by atoms with van der Waals surface area (Å²) in [7, 11) is 0. The van der Waals surface area contributed by atoms with Crippen LogP contribution in [0.15, 0.2) is 22.7 Å². The Kier molecular flexibility index (Phi) is 6.88. The van der Waals surface area contributed by atoms with Crippen LogP contribution in [0.1, 0.15) is 25.7 Å². The minimum atomic E-state index is -0.263. The third kappa shape index (κ3) is 5.21. The molecule has 0 aromatic heterocycles. The molecule has 0 unspecified atom stereocenters. The Hall–Kier alpha value is -0.220. The highest BCUT2D eigenvalue weighted by Crippen LogP contribution is 2.21. The minimum absolute atomic E-state index is 0.263. The van der Waals surface area contributed by atoms with Gasteiger partial charge in [0.25, 0.3) is 0 Å². The van der Waals surface area contributed by atoms with Crippen LogP contribution < -0.4 is 4.74 Å². The highest BCUT2D eigenvalue weighted by Gasteiger charge is 2.00. The molecule has 1 aromatic rings. The zero-order chi connectivity index (χ0) is 11.8. The van der Waals surface area contributed by atoms with Gasteiger partial charge in [-0.3, -0.25) is 0 Å². The lowest BCUT2D eigenvalue weighted by Crippen LogP contribution is -1.97. The maximum Gasteiger partial charge on any atom is 0.137 e. The van der Waals surface area contributed by atoms with E-state index in [1.54, 1.807) is 12.1 Å². The predicted octanol–water partition coefficient (Wildman–Crippen LogP) is 4.46. The van der Waals surface area contributed by atoms with E-state index in [-0.39, 0.29) is 5.82 Å². The van der Waals surface area contributed by atoms with Gasteiger partial charge < -0.3 is 4.74 Å². The number of benzene rings is 1. The lowest BCUT2D eigenvalue weighted by atomic mass is 10.2. The van der Waals surface area contributed by atoms with Crippen LogP contribution in [0, 0.1) is 5.82 Å². The van der Waals surface area contributed by atoms with Gasteiger partial charge in [-0.05, 0) is 52.7 Å². The molecule has 0 saturated heterocycles. The topological polar surface area (TPSA) is 9.23 Å². The summed E-state index contributed by atoms with van der Waals surface area (Å²) in [5, 5.41) is 0. The number of unbranched alkanes of at least 4 members (excludes halogenated alkanes) is 3. The highest BCUT2D eigenvalue weighted by molar-refractivity contribution is 9.10. The van der Waals surface area contributed by atoms with Crippen LogP contribution in [0.3, 0.4) is 0 Å². The molecule has 0 aliphatic heterocycles. The van der Waals surface area contributed by atoms with Gasteiger partial charge in [0.15, 0.2) is 0 Å². The Morgan fingerprint density at radius 2 is 1.94 bits per heavy atom. The Balaban J connectivity index is 2.19. The van der Waals surface area contributed by atoms with Gasteiger partial charge in [-0.15, -0.1) is 0 Å². The summed E-state index contributed by atoms with van der Waals surface area (Å²) in [6.07, 6.45) is 4.54. The second kappa shape index (κ2) is 7.96. The van der Waals surface area contributed by atoms with Crippen molar-refractivity contribution in [1.29, 1.82) is 0 Å². The molecule has 0 fully saturated rings. The summed E-state index contributed by atoms with van der Waals surface area (Å²) in [4.78, 5) is 0. The fourth-order valence-electron chi connectivity index (χ4n) is 1.32. The van der Waals surface area contributed by atoms with Crippen molar-refractivity contribution in [3.05, 3.63) is 28.5 Å². The van der Waals surface area contributed by atoms with Crippen LogP contribution in [-0.2, 0) is 0 Å². The average molecular weight is 307 g/mol. The van der Waals surface area contributed by atoms with Crippen LogP contribution in [0.2, 0.25) is 0 Å². The molecule has 0 spiro atoms. The van der Waals surface area contributed by atoms with Crippen LogP contribution in [-0.4, -0.2) is 12.4 Å². The monoisotopic (exact) mass is 306 g/mol. The zero-order valence-electron chi connectivity index (χ0n) is 9.09. The second-order valence-electron chi connectivity index (χ2n) is 3.56. The SMILES string of the molecule is Fc1ccc(OCCCCCCS)cc1Br. The molecule has 0 aliphatic rings. The molecule has 0 N–H and O–H groups in total. The fourth-order valence-corrected chi connectivity index (χ4v) is 1.91. The molecule has 0 aliphatic carbocycles. The van der Waals surface area contributed by atoms with Crippen molar-refractivity contribution in [2.24, 2.45) is 0 Å². The molecule has 4 heteroatoms. The molecule has 0 atom stereocenters. The standard InChI is InChI=1S/C12H16BrFOS/c13-11-9-10(5-6-12(11)14)15-7-3-1-2-4-8-16/h5-6,9,16H,1-4,7-8H2. The number of rotatable bonds is 7. The molecule has 0 radical (unpaired) electrons. The quantitative estimate of drug-likeness (QED) is 0.578. The molecule has 90 valence electrons. The molecule has 0 amide bonds. The van der Waals surface area contributed by atoms with Gasteiger partial charge in [0.1, 0.15) is 11.6 Å². The van der Waals surface area contributed by atoms with E-state index in [4.69, 9.17) is 4.74 Å². The maximum absolute atomic E-state index is 12.9. The molecular formula is C12H16BrFOS. The van der Waals surface area contributed by atoms with E-state index in [0.717, 1.165) is 25.0 Å². The first-order chi connectivity index (χ1) is 7.74. The van der Waals surface area contributed by atoms with Gasteiger partial charge in [0.05, 0.1) is 11.1 Å². The number of halogens is 2. The summed E-state index contributed by atoms with van der Waals surface area (Å²) in [6, 6.07) is 4.71. The van der Waals surface area contributed by atoms with Crippen molar-refractivity contribution in [1.82, 2.24) is 0 Å². The molecule has 1 aromatic carbocycles. The van der Waals surface area contributed by atoms with Crippen molar-refractivity contribution in [3.63, 3.8) is 0 Å². The third-order valence-electron chi connectivity index (χ3n) is 2.21.